The Morgan fingerprint density at radius 1 is 1.32 bits per heavy atom. The van der Waals surface area contributed by atoms with Gasteiger partial charge in [-0.05, 0) is 24.5 Å². The van der Waals surface area contributed by atoms with Crippen LogP contribution in [0.5, 0.6) is 0 Å². The number of benzene rings is 1. The van der Waals surface area contributed by atoms with Gasteiger partial charge in [-0.2, -0.15) is 5.06 Å². The number of para-hydroxylation sites is 1. The minimum absolute atomic E-state index is 0.108. The Hall–Kier alpha value is -2.58. The van der Waals surface area contributed by atoms with Crippen LogP contribution >= 0.6 is 11.3 Å². The number of aromatic nitrogens is 3. The Bertz CT molecular complexity index is 931. The maximum Gasteiger partial charge on any atom is 0.304 e. The van der Waals surface area contributed by atoms with Crippen molar-refractivity contribution in [2.45, 2.75) is 20.3 Å². The Labute approximate surface area is 148 Å². The second kappa shape index (κ2) is 7.12. The summed E-state index contributed by atoms with van der Waals surface area (Å²) >= 11 is 1.34. The normalized spacial score (nSPS) is 11.2. The van der Waals surface area contributed by atoms with Crippen LogP contribution in [0.2, 0.25) is 0 Å². The molecule has 3 aromatic rings. The monoisotopic (exact) mass is 358 g/mol. The lowest BCUT2D eigenvalue weighted by molar-refractivity contribution is 0.0767. The third kappa shape index (κ3) is 3.59. The van der Waals surface area contributed by atoms with Crippen LogP contribution in [-0.2, 0) is 11.3 Å². The number of hydrogen-bond acceptors (Lipinski definition) is 6. The van der Waals surface area contributed by atoms with Gasteiger partial charge in [0.05, 0.1) is 17.3 Å². The van der Waals surface area contributed by atoms with Gasteiger partial charge in [0, 0.05) is 6.20 Å². The minimum atomic E-state index is -0.484. The Morgan fingerprint density at radius 2 is 2.08 bits per heavy atom. The van der Waals surface area contributed by atoms with Crippen LogP contribution in [-0.4, -0.2) is 28.0 Å². The first kappa shape index (κ1) is 17.2. The van der Waals surface area contributed by atoms with Gasteiger partial charge in [0.2, 0.25) is 5.13 Å². The van der Waals surface area contributed by atoms with E-state index in [0.29, 0.717) is 17.2 Å². The van der Waals surface area contributed by atoms with E-state index in [-0.39, 0.29) is 17.2 Å². The van der Waals surface area contributed by atoms with Crippen molar-refractivity contribution in [1.29, 1.82) is 0 Å². The van der Waals surface area contributed by atoms with Crippen molar-refractivity contribution in [3.05, 3.63) is 52.2 Å². The van der Waals surface area contributed by atoms with Crippen LogP contribution in [0.25, 0.3) is 10.2 Å². The standard InChI is InChI=1S/C17H18N4O3S/c1-10(2)8-12-15(22)18-9-13(19-12)16(23)21(24-3)17-20-11-6-4-5-7-14(11)25-17/h4-7,9-10H,8H2,1-3H3,(H,18,22). The fourth-order valence-electron chi connectivity index (χ4n) is 2.38. The molecule has 0 bridgehead atoms. The molecular formula is C17H18N4O3S. The second-order valence-electron chi connectivity index (χ2n) is 5.91. The number of carbonyl (C=O) groups is 1. The third-order valence-electron chi connectivity index (χ3n) is 3.50. The van der Waals surface area contributed by atoms with Crippen molar-refractivity contribution in [2.75, 3.05) is 12.2 Å². The van der Waals surface area contributed by atoms with Gasteiger partial charge in [-0.25, -0.2) is 9.97 Å². The van der Waals surface area contributed by atoms with Crippen molar-refractivity contribution in [2.24, 2.45) is 5.92 Å². The number of hydroxylamine groups is 1. The molecule has 0 saturated heterocycles. The molecule has 1 aromatic carbocycles. The molecule has 0 saturated carbocycles. The van der Waals surface area contributed by atoms with Crippen LogP contribution in [0.4, 0.5) is 5.13 Å². The zero-order valence-corrected chi connectivity index (χ0v) is 15.0. The number of nitrogens with one attached hydrogen (secondary N) is 1. The first-order chi connectivity index (χ1) is 12.0. The number of thiazole rings is 1. The number of H-pyrrole nitrogens is 1. The number of fused-ring (bicyclic) bond motifs is 1. The summed E-state index contributed by atoms with van der Waals surface area (Å²) in [5, 5.41) is 1.50. The Kier molecular flexibility index (Phi) is 4.91. The van der Waals surface area contributed by atoms with Crippen molar-refractivity contribution >= 4 is 32.6 Å². The molecule has 0 fully saturated rings. The summed E-state index contributed by atoms with van der Waals surface area (Å²) in [7, 11) is 1.39. The van der Waals surface area contributed by atoms with E-state index in [1.807, 2.05) is 38.1 Å². The molecular weight excluding hydrogens is 340 g/mol. The van der Waals surface area contributed by atoms with E-state index in [4.69, 9.17) is 4.84 Å². The molecule has 25 heavy (non-hydrogen) atoms. The number of amides is 1. The highest BCUT2D eigenvalue weighted by Crippen LogP contribution is 2.29. The molecule has 0 spiro atoms. The summed E-state index contributed by atoms with van der Waals surface area (Å²) in [4.78, 5) is 41.1. The molecule has 2 aromatic heterocycles. The number of hydrogen-bond donors (Lipinski definition) is 1. The predicted molar refractivity (Wildman–Crippen MR) is 96.8 cm³/mol. The summed E-state index contributed by atoms with van der Waals surface area (Å²) < 4.78 is 0.947. The Balaban J connectivity index is 1.96. The minimum Gasteiger partial charge on any atom is -0.325 e. The first-order valence-electron chi connectivity index (χ1n) is 7.82. The third-order valence-corrected chi connectivity index (χ3v) is 4.51. The van der Waals surface area contributed by atoms with Gasteiger partial charge >= 0.3 is 5.91 Å². The van der Waals surface area contributed by atoms with Gasteiger partial charge in [0.25, 0.3) is 5.56 Å². The van der Waals surface area contributed by atoms with Gasteiger partial charge in [-0.1, -0.05) is 37.3 Å². The molecule has 0 radical (unpaired) electrons. The van der Waals surface area contributed by atoms with Crippen molar-refractivity contribution in [3.8, 4) is 0 Å². The van der Waals surface area contributed by atoms with E-state index < -0.39 is 5.91 Å². The average molecular weight is 358 g/mol. The number of anilines is 1. The average Bonchev–Trinajstić information content (AvgIpc) is 3.00. The number of rotatable bonds is 5. The van der Waals surface area contributed by atoms with Crippen LogP contribution in [0.3, 0.4) is 0 Å². The van der Waals surface area contributed by atoms with E-state index in [9.17, 15) is 9.59 Å². The summed E-state index contributed by atoms with van der Waals surface area (Å²) in [6.07, 6.45) is 1.79. The fourth-order valence-corrected chi connectivity index (χ4v) is 3.32. The molecule has 3 rings (SSSR count). The molecule has 2 heterocycles. The van der Waals surface area contributed by atoms with Crippen molar-refractivity contribution < 1.29 is 9.63 Å². The molecule has 7 nitrogen and oxygen atoms in total. The SMILES string of the molecule is CON(C(=O)c1c[nH]c(=O)c(CC(C)C)n1)c1nc2ccccc2s1. The molecule has 0 aliphatic carbocycles. The summed E-state index contributed by atoms with van der Waals surface area (Å²) in [5.41, 5.74) is 0.944. The predicted octanol–water partition coefficient (Wildman–Crippen LogP) is 2.79. The summed E-state index contributed by atoms with van der Waals surface area (Å²) in [6, 6.07) is 7.58. The zero-order chi connectivity index (χ0) is 18.0. The highest BCUT2D eigenvalue weighted by atomic mass is 32.1. The molecule has 0 aliphatic heterocycles. The fraction of sp³-hybridized carbons (Fsp3) is 0.294. The lowest BCUT2D eigenvalue weighted by atomic mass is 10.1. The molecule has 8 heteroatoms. The zero-order valence-electron chi connectivity index (χ0n) is 14.1. The molecule has 0 atom stereocenters. The summed E-state index contributed by atoms with van der Waals surface area (Å²) in [6.45, 7) is 3.97. The van der Waals surface area contributed by atoms with E-state index in [1.54, 1.807) is 0 Å². The number of aromatic amines is 1. The van der Waals surface area contributed by atoms with Crippen LogP contribution < -0.4 is 10.6 Å². The van der Waals surface area contributed by atoms with Crippen LogP contribution in [0.15, 0.2) is 35.3 Å². The van der Waals surface area contributed by atoms with Gasteiger partial charge in [-0.15, -0.1) is 0 Å². The lowest BCUT2D eigenvalue weighted by Crippen LogP contribution is -2.32. The van der Waals surface area contributed by atoms with E-state index in [2.05, 4.69) is 15.0 Å². The van der Waals surface area contributed by atoms with Gasteiger partial charge in [0.15, 0.2) is 0 Å². The first-order valence-corrected chi connectivity index (χ1v) is 8.64. The largest absolute Gasteiger partial charge is 0.325 e. The highest BCUT2D eigenvalue weighted by molar-refractivity contribution is 7.22. The number of nitrogens with zero attached hydrogens (tertiary/aromatic N) is 3. The van der Waals surface area contributed by atoms with Gasteiger partial charge in [0.1, 0.15) is 11.4 Å². The Morgan fingerprint density at radius 3 is 2.76 bits per heavy atom. The van der Waals surface area contributed by atoms with Crippen LogP contribution in [0, 0.1) is 5.92 Å². The van der Waals surface area contributed by atoms with Gasteiger partial charge in [-0.3, -0.25) is 14.4 Å². The molecule has 0 aliphatic rings. The highest BCUT2D eigenvalue weighted by Gasteiger charge is 2.23. The number of carbonyl (C=O) groups excluding carboxylic acids is 1. The topological polar surface area (TPSA) is 88.2 Å². The molecule has 1 N–H and O–H groups in total. The molecule has 130 valence electrons. The van der Waals surface area contributed by atoms with E-state index in [1.165, 1.54) is 24.6 Å². The maximum absolute atomic E-state index is 12.8. The van der Waals surface area contributed by atoms with E-state index in [0.717, 1.165) is 15.3 Å². The lowest BCUT2D eigenvalue weighted by Gasteiger charge is -2.16. The quantitative estimate of drug-likeness (QED) is 0.709. The van der Waals surface area contributed by atoms with Crippen molar-refractivity contribution in [3.63, 3.8) is 0 Å². The summed E-state index contributed by atoms with van der Waals surface area (Å²) in [5.74, 6) is -0.232. The molecule has 1 amide bonds. The maximum atomic E-state index is 12.8. The van der Waals surface area contributed by atoms with E-state index >= 15 is 0 Å². The van der Waals surface area contributed by atoms with Gasteiger partial charge < -0.3 is 4.98 Å². The second-order valence-corrected chi connectivity index (χ2v) is 6.91. The smallest absolute Gasteiger partial charge is 0.304 e. The van der Waals surface area contributed by atoms with Crippen LogP contribution in [0.1, 0.15) is 30.0 Å². The molecule has 0 unspecified atom stereocenters. The van der Waals surface area contributed by atoms with Crippen molar-refractivity contribution in [1.82, 2.24) is 15.0 Å².